The van der Waals surface area contributed by atoms with Crippen LogP contribution in [-0.4, -0.2) is 30.5 Å². The molecular weight excluding hydrogens is 154 g/mol. The van der Waals surface area contributed by atoms with Gasteiger partial charge >= 0.3 is 0 Å². The maximum atomic E-state index is 10.5. The van der Waals surface area contributed by atoms with E-state index in [2.05, 4.69) is 6.92 Å². The van der Waals surface area contributed by atoms with E-state index in [-0.39, 0.29) is 6.04 Å². The maximum Gasteiger partial charge on any atom is 0.139 e. The zero-order valence-electron chi connectivity index (χ0n) is 7.66. The van der Waals surface area contributed by atoms with Crippen molar-refractivity contribution >= 4 is 6.29 Å². The van der Waals surface area contributed by atoms with Gasteiger partial charge in [0.2, 0.25) is 0 Å². The number of rotatable bonds is 5. The molecule has 3 heteroatoms. The van der Waals surface area contributed by atoms with Gasteiger partial charge in [-0.3, -0.25) is 4.84 Å². The van der Waals surface area contributed by atoms with Crippen molar-refractivity contribution in [3.05, 3.63) is 0 Å². The Kier molecular flexibility index (Phi) is 4.25. The smallest absolute Gasteiger partial charge is 0.139 e. The summed E-state index contributed by atoms with van der Waals surface area (Å²) in [5.74, 6) is 0. The first-order valence-corrected chi connectivity index (χ1v) is 4.73. The minimum atomic E-state index is 0.0156. The zero-order valence-corrected chi connectivity index (χ0v) is 7.66. The average molecular weight is 171 g/mol. The molecule has 1 rings (SSSR count). The first kappa shape index (κ1) is 9.68. The lowest BCUT2D eigenvalue weighted by atomic mass is 10.2. The second-order valence-electron chi connectivity index (χ2n) is 3.17. The standard InChI is InChI=1S/C9H17NO2/c1-2-3-7-12-10-6-4-5-9(10)8-11/h8-9H,2-7H2,1H3/t9-/m0/s1. The van der Waals surface area contributed by atoms with Crippen molar-refractivity contribution < 1.29 is 9.63 Å². The molecule has 1 fully saturated rings. The lowest BCUT2D eigenvalue weighted by Gasteiger charge is -2.18. The van der Waals surface area contributed by atoms with Crippen molar-refractivity contribution in [2.24, 2.45) is 0 Å². The third-order valence-corrected chi connectivity index (χ3v) is 2.16. The van der Waals surface area contributed by atoms with Crippen LogP contribution in [0, 0.1) is 0 Å². The van der Waals surface area contributed by atoms with E-state index in [9.17, 15) is 4.79 Å². The second-order valence-corrected chi connectivity index (χ2v) is 3.17. The molecule has 0 aromatic carbocycles. The van der Waals surface area contributed by atoms with Crippen LogP contribution in [0.1, 0.15) is 32.6 Å². The van der Waals surface area contributed by atoms with Gasteiger partial charge in [0.1, 0.15) is 6.29 Å². The highest BCUT2D eigenvalue weighted by Gasteiger charge is 2.24. The number of aldehydes is 1. The summed E-state index contributed by atoms with van der Waals surface area (Å²) in [5, 5.41) is 1.82. The molecule has 0 spiro atoms. The van der Waals surface area contributed by atoms with E-state index in [0.717, 1.165) is 45.1 Å². The molecule has 1 saturated heterocycles. The largest absolute Gasteiger partial charge is 0.302 e. The van der Waals surface area contributed by atoms with Gasteiger partial charge in [0.25, 0.3) is 0 Å². The van der Waals surface area contributed by atoms with Crippen LogP contribution in [-0.2, 0) is 9.63 Å². The molecular formula is C9H17NO2. The van der Waals surface area contributed by atoms with Crippen LogP contribution in [0.15, 0.2) is 0 Å². The van der Waals surface area contributed by atoms with Crippen molar-refractivity contribution in [3.8, 4) is 0 Å². The molecule has 0 unspecified atom stereocenters. The van der Waals surface area contributed by atoms with E-state index in [1.54, 1.807) is 0 Å². The quantitative estimate of drug-likeness (QED) is 0.462. The monoisotopic (exact) mass is 171 g/mol. The Morgan fingerprint density at radius 2 is 2.50 bits per heavy atom. The van der Waals surface area contributed by atoms with E-state index in [0.29, 0.717) is 0 Å². The highest BCUT2D eigenvalue weighted by molar-refractivity contribution is 5.57. The van der Waals surface area contributed by atoms with E-state index >= 15 is 0 Å². The number of hydroxylamine groups is 2. The summed E-state index contributed by atoms with van der Waals surface area (Å²) in [6.07, 6.45) is 5.23. The number of carbonyl (C=O) groups is 1. The van der Waals surface area contributed by atoms with Gasteiger partial charge in [-0.25, -0.2) is 0 Å². The van der Waals surface area contributed by atoms with E-state index in [4.69, 9.17) is 4.84 Å². The van der Waals surface area contributed by atoms with Gasteiger partial charge in [0.05, 0.1) is 12.6 Å². The molecule has 0 amide bonds. The van der Waals surface area contributed by atoms with E-state index < -0.39 is 0 Å². The molecule has 12 heavy (non-hydrogen) atoms. The first-order chi connectivity index (χ1) is 5.88. The minimum absolute atomic E-state index is 0.0156. The third-order valence-electron chi connectivity index (χ3n) is 2.16. The number of hydrogen-bond acceptors (Lipinski definition) is 3. The van der Waals surface area contributed by atoms with Gasteiger partial charge in [-0.05, 0) is 19.3 Å². The number of carbonyl (C=O) groups excluding carboxylic acids is 1. The van der Waals surface area contributed by atoms with Gasteiger partial charge in [-0.2, -0.15) is 5.06 Å². The Morgan fingerprint density at radius 3 is 3.17 bits per heavy atom. The van der Waals surface area contributed by atoms with E-state index in [1.807, 2.05) is 5.06 Å². The van der Waals surface area contributed by atoms with Crippen molar-refractivity contribution in [1.29, 1.82) is 0 Å². The van der Waals surface area contributed by atoms with Crippen LogP contribution in [0.3, 0.4) is 0 Å². The average Bonchev–Trinajstić information content (AvgIpc) is 2.52. The summed E-state index contributed by atoms with van der Waals surface area (Å²) in [6.45, 7) is 3.79. The molecule has 0 aromatic rings. The fraction of sp³-hybridized carbons (Fsp3) is 0.889. The molecule has 70 valence electrons. The summed E-state index contributed by atoms with van der Waals surface area (Å²) >= 11 is 0. The Hall–Kier alpha value is -0.410. The summed E-state index contributed by atoms with van der Waals surface area (Å²) < 4.78 is 0. The predicted molar refractivity (Wildman–Crippen MR) is 46.7 cm³/mol. The van der Waals surface area contributed by atoms with Crippen LogP contribution in [0.4, 0.5) is 0 Å². The molecule has 1 atom stereocenters. The van der Waals surface area contributed by atoms with Gasteiger partial charge in [-0.15, -0.1) is 0 Å². The topological polar surface area (TPSA) is 29.5 Å². The molecule has 0 bridgehead atoms. The lowest BCUT2D eigenvalue weighted by molar-refractivity contribution is -0.170. The van der Waals surface area contributed by atoms with Crippen LogP contribution in [0.25, 0.3) is 0 Å². The molecule has 0 aliphatic carbocycles. The maximum absolute atomic E-state index is 10.5. The Morgan fingerprint density at radius 1 is 1.67 bits per heavy atom. The van der Waals surface area contributed by atoms with E-state index in [1.165, 1.54) is 0 Å². The molecule has 0 aromatic heterocycles. The Balaban J connectivity index is 2.17. The Labute approximate surface area is 73.6 Å². The fourth-order valence-corrected chi connectivity index (χ4v) is 1.39. The summed E-state index contributed by atoms with van der Waals surface area (Å²) in [4.78, 5) is 16.0. The molecule has 0 saturated carbocycles. The highest BCUT2D eigenvalue weighted by Crippen LogP contribution is 2.15. The normalized spacial score (nSPS) is 24.6. The van der Waals surface area contributed by atoms with Crippen LogP contribution < -0.4 is 0 Å². The molecule has 1 aliphatic heterocycles. The van der Waals surface area contributed by atoms with Crippen LogP contribution in [0.2, 0.25) is 0 Å². The molecule has 0 N–H and O–H groups in total. The summed E-state index contributed by atoms with van der Waals surface area (Å²) in [7, 11) is 0. The number of hydrogen-bond donors (Lipinski definition) is 0. The van der Waals surface area contributed by atoms with Crippen LogP contribution in [0.5, 0.6) is 0 Å². The molecule has 3 nitrogen and oxygen atoms in total. The summed E-state index contributed by atoms with van der Waals surface area (Å²) in [6, 6.07) is 0.0156. The van der Waals surface area contributed by atoms with Crippen molar-refractivity contribution in [1.82, 2.24) is 5.06 Å². The zero-order chi connectivity index (χ0) is 8.81. The van der Waals surface area contributed by atoms with Gasteiger partial charge in [0.15, 0.2) is 0 Å². The van der Waals surface area contributed by atoms with Crippen molar-refractivity contribution in [2.45, 2.75) is 38.6 Å². The predicted octanol–water partition coefficient (Wildman–Crippen LogP) is 1.38. The second kappa shape index (κ2) is 5.27. The highest BCUT2D eigenvalue weighted by atomic mass is 16.7. The van der Waals surface area contributed by atoms with Crippen molar-refractivity contribution in [2.75, 3.05) is 13.2 Å². The van der Waals surface area contributed by atoms with Gasteiger partial charge < -0.3 is 4.79 Å². The number of nitrogens with zero attached hydrogens (tertiary/aromatic N) is 1. The third kappa shape index (κ3) is 2.57. The molecule has 0 radical (unpaired) electrons. The SMILES string of the molecule is CCCCON1CCC[C@H]1C=O. The lowest BCUT2D eigenvalue weighted by Crippen LogP contribution is -2.30. The molecule has 1 heterocycles. The first-order valence-electron chi connectivity index (χ1n) is 4.73. The minimum Gasteiger partial charge on any atom is -0.302 e. The number of unbranched alkanes of at least 4 members (excludes halogenated alkanes) is 1. The fourth-order valence-electron chi connectivity index (χ4n) is 1.39. The molecule has 1 aliphatic rings. The van der Waals surface area contributed by atoms with Crippen molar-refractivity contribution in [3.63, 3.8) is 0 Å². The van der Waals surface area contributed by atoms with Gasteiger partial charge in [0, 0.05) is 6.54 Å². The summed E-state index contributed by atoms with van der Waals surface area (Å²) in [5.41, 5.74) is 0. The van der Waals surface area contributed by atoms with Crippen LogP contribution >= 0.6 is 0 Å². The Bertz CT molecular complexity index is 138. The van der Waals surface area contributed by atoms with Gasteiger partial charge in [-0.1, -0.05) is 13.3 Å².